The Balaban J connectivity index is 2.75. The van der Waals surface area contributed by atoms with E-state index in [0.29, 0.717) is 5.02 Å². The molecular formula is C12H18ClNO2. The maximum atomic E-state index is 5.95. The van der Waals surface area contributed by atoms with Crippen LogP contribution in [0, 0.1) is 6.92 Å². The van der Waals surface area contributed by atoms with Crippen LogP contribution < -0.4 is 5.32 Å². The SMILES string of the molecule is COC(OC)C(C)Nc1cc(Cl)ccc1C. The van der Waals surface area contributed by atoms with E-state index in [-0.39, 0.29) is 12.3 Å². The van der Waals surface area contributed by atoms with Gasteiger partial charge in [0, 0.05) is 24.9 Å². The van der Waals surface area contributed by atoms with Crippen molar-refractivity contribution in [1.82, 2.24) is 0 Å². The lowest BCUT2D eigenvalue weighted by atomic mass is 10.2. The summed E-state index contributed by atoms with van der Waals surface area (Å²) in [6, 6.07) is 5.80. The first-order valence-electron chi connectivity index (χ1n) is 5.16. The highest BCUT2D eigenvalue weighted by molar-refractivity contribution is 6.30. The number of aryl methyl sites for hydroxylation is 1. The fourth-order valence-electron chi connectivity index (χ4n) is 1.57. The number of ether oxygens (including phenoxy) is 2. The van der Waals surface area contributed by atoms with Crippen LogP contribution in [0.5, 0.6) is 0 Å². The third-order valence-electron chi connectivity index (χ3n) is 2.46. The van der Waals surface area contributed by atoms with Gasteiger partial charge in [-0.15, -0.1) is 0 Å². The van der Waals surface area contributed by atoms with E-state index < -0.39 is 0 Å². The molecule has 1 N–H and O–H groups in total. The molecule has 1 unspecified atom stereocenters. The van der Waals surface area contributed by atoms with Gasteiger partial charge in [-0.3, -0.25) is 0 Å². The van der Waals surface area contributed by atoms with Gasteiger partial charge < -0.3 is 14.8 Å². The molecule has 0 aromatic heterocycles. The largest absolute Gasteiger partial charge is 0.377 e. The number of benzene rings is 1. The lowest BCUT2D eigenvalue weighted by Gasteiger charge is -2.24. The van der Waals surface area contributed by atoms with Crippen molar-refractivity contribution >= 4 is 17.3 Å². The molecule has 1 rings (SSSR count). The maximum absolute atomic E-state index is 5.95. The number of halogens is 1. The second-order valence-electron chi connectivity index (χ2n) is 3.73. The van der Waals surface area contributed by atoms with Gasteiger partial charge in [-0.25, -0.2) is 0 Å². The van der Waals surface area contributed by atoms with Crippen LogP contribution >= 0.6 is 11.6 Å². The summed E-state index contributed by atoms with van der Waals surface area (Å²) in [5.74, 6) is 0. The van der Waals surface area contributed by atoms with Gasteiger partial charge >= 0.3 is 0 Å². The molecule has 0 radical (unpaired) electrons. The summed E-state index contributed by atoms with van der Waals surface area (Å²) in [6.45, 7) is 4.03. The van der Waals surface area contributed by atoms with E-state index in [9.17, 15) is 0 Å². The Labute approximate surface area is 102 Å². The van der Waals surface area contributed by atoms with Crippen molar-refractivity contribution in [3.05, 3.63) is 28.8 Å². The molecule has 0 aliphatic rings. The Morgan fingerprint density at radius 1 is 1.25 bits per heavy atom. The number of hydrogen-bond donors (Lipinski definition) is 1. The minimum atomic E-state index is -0.279. The molecule has 0 aliphatic heterocycles. The Bertz CT molecular complexity index is 340. The third-order valence-corrected chi connectivity index (χ3v) is 2.69. The van der Waals surface area contributed by atoms with E-state index in [4.69, 9.17) is 21.1 Å². The maximum Gasteiger partial charge on any atom is 0.176 e. The summed E-state index contributed by atoms with van der Waals surface area (Å²) in [5, 5.41) is 4.03. The van der Waals surface area contributed by atoms with Crippen molar-refractivity contribution in [3.63, 3.8) is 0 Å². The van der Waals surface area contributed by atoms with Crippen LogP contribution in [0.4, 0.5) is 5.69 Å². The Morgan fingerprint density at radius 3 is 2.44 bits per heavy atom. The number of rotatable bonds is 5. The molecule has 1 aromatic carbocycles. The fourth-order valence-corrected chi connectivity index (χ4v) is 1.74. The molecule has 1 atom stereocenters. The van der Waals surface area contributed by atoms with Crippen molar-refractivity contribution < 1.29 is 9.47 Å². The van der Waals surface area contributed by atoms with E-state index in [2.05, 4.69) is 5.32 Å². The highest BCUT2D eigenvalue weighted by atomic mass is 35.5. The van der Waals surface area contributed by atoms with Gasteiger partial charge in [-0.2, -0.15) is 0 Å². The number of anilines is 1. The molecule has 0 spiro atoms. The van der Waals surface area contributed by atoms with Crippen molar-refractivity contribution in [3.8, 4) is 0 Å². The monoisotopic (exact) mass is 243 g/mol. The molecule has 0 fully saturated rings. The van der Waals surface area contributed by atoms with Gasteiger partial charge in [0.15, 0.2) is 6.29 Å². The highest BCUT2D eigenvalue weighted by Crippen LogP contribution is 2.21. The zero-order chi connectivity index (χ0) is 12.1. The number of nitrogens with one attached hydrogen (secondary N) is 1. The molecule has 0 aliphatic carbocycles. The topological polar surface area (TPSA) is 30.5 Å². The second-order valence-corrected chi connectivity index (χ2v) is 4.17. The smallest absolute Gasteiger partial charge is 0.176 e. The van der Waals surface area contributed by atoms with Crippen LogP contribution in [0.3, 0.4) is 0 Å². The lowest BCUT2D eigenvalue weighted by Crippen LogP contribution is -2.33. The van der Waals surface area contributed by atoms with Gasteiger partial charge in [-0.05, 0) is 31.5 Å². The lowest BCUT2D eigenvalue weighted by molar-refractivity contribution is -0.109. The van der Waals surface area contributed by atoms with E-state index in [1.54, 1.807) is 14.2 Å². The van der Waals surface area contributed by atoms with E-state index in [1.165, 1.54) is 0 Å². The minimum absolute atomic E-state index is 0.0483. The van der Waals surface area contributed by atoms with Crippen molar-refractivity contribution in [2.24, 2.45) is 0 Å². The van der Waals surface area contributed by atoms with Crippen LogP contribution in [0.25, 0.3) is 0 Å². The Kier molecular flexibility index (Phi) is 5.06. The molecule has 0 bridgehead atoms. The van der Waals surface area contributed by atoms with Gasteiger partial charge in [0.25, 0.3) is 0 Å². The minimum Gasteiger partial charge on any atom is -0.377 e. The van der Waals surface area contributed by atoms with E-state index >= 15 is 0 Å². The molecule has 0 heterocycles. The van der Waals surface area contributed by atoms with Crippen LogP contribution in [-0.2, 0) is 9.47 Å². The summed E-state index contributed by atoms with van der Waals surface area (Å²) in [4.78, 5) is 0. The van der Waals surface area contributed by atoms with Gasteiger partial charge in [-0.1, -0.05) is 17.7 Å². The average Bonchev–Trinajstić information content (AvgIpc) is 2.25. The van der Waals surface area contributed by atoms with Crippen LogP contribution in [0.1, 0.15) is 12.5 Å². The van der Waals surface area contributed by atoms with Crippen molar-refractivity contribution in [2.45, 2.75) is 26.2 Å². The Morgan fingerprint density at radius 2 is 1.88 bits per heavy atom. The van der Waals surface area contributed by atoms with Crippen molar-refractivity contribution in [1.29, 1.82) is 0 Å². The zero-order valence-electron chi connectivity index (χ0n) is 10.1. The third kappa shape index (κ3) is 3.37. The van der Waals surface area contributed by atoms with Crippen LogP contribution in [0.15, 0.2) is 18.2 Å². The summed E-state index contributed by atoms with van der Waals surface area (Å²) in [6.07, 6.45) is -0.279. The number of hydrogen-bond acceptors (Lipinski definition) is 3. The summed E-state index contributed by atoms with van der Waals surface area (Å²) in [5.41, 5.74) is 2.14. The molecule has 0 saturated carbocycles. The van der Waals surface area contributed by atoms with Crippen LogP contribution in [-0.4, -0.2) is 26.6 Å². The van der Waals surface area contributed by atoms with E-state index in [0.717, 1.165) is 11.3 Å². The zero-order valence-corrected chi connectivity index (χ0v) is 10.8. The first-order valence-corrected chi connectivity index (χ1v) is 5.54. The number of methoxy groups -OCH3 is 2. The van der Waals surface area contributed by atoms with Gasteiger partial charge in [0.05, 0.1) is 6.04 Å². The summed E-state index contributed by atoms with van der Waals surface area (Å²) < 4.78 is 10.4. The average molecular weight is 244 g/mol. The molecule has 1 aromatic rings. The molecular weight excluding hydrogens is 226 g/mol. The molecule has 16 heavy (non-hydrogen) atoms. The predicted molar refractivity (Wildman–Crippen MR) is 67.1 cm³/mol. The second kappa shape index (κ2) is 6.09. The summed E-state index contributed by atoms with van der Waals surface area (Å²) in [7, 11) is 3.24. The van der Waals surface area contributed by atoms with Gasteiger partial charge in [0.2, 0.25) is 0 Å². The van der Waals surface area contributed by atoms with Crippen molar-refractivity contribution in [2.75, 3.05) is 19.5 Å². The molecule has 4 heteroatoms. The molecule has 0 amide bonds. The first-order chi connectivity index (χ1) is 7.58. The quantitative estimate of drug-likeness (QED) is 0.807. The highest BCUT2D eigenvalue weighted by Gasteiger charge is 2.16. The molecule has 0 saturated heterocycles. The molecule has 3 nitrogen and oxygen atoms in total. The fraction of sp³-hybridized carbons (Fsp3) is 0.500. The van der Waals surface area contributed by atoms with Crippen LogP contribution in [0.2, 0.25) is 5.02 Å². The van der Waals surface area contributed by atoms with Gasteiger partial charge in [0.1, 0.15) is 0 Å². The normalized spacial score (nSPS) is 12.9. The molecule has 90 valence electrons. The summed E-state index contributed by atoms with van der Waals surface area (Å²) >= 11 is 5.95. The predicted octanol–water partition coefficient (Wildman–Crippen LogP) is 3.07. The van der Waals surface area contributed by atoms with E-state index in [1.807, 2.05) is 32.0 Å². The Hall–Kier alpha value is -0.770. The first kappa shape index (κ1) is 13.3. The standard InChI is InChI=1S/C12H18ClNO2/c1-8-5-6-10(13)7-11(8)14-9(2)12(15-3)16-4/h5-7,9,12,14H,1-4H3.